The Labute approximate surface area is 172 Å². The van der Waals surface area contributed by atoms with E-state index in [1.54, 1.807) is 12.1 Å². The smallest absolute Gasteiger partial charge is 0.318 e. The first-order valence-corrected chi connectivity index (χ1v) is 9.60. The molecule has 0 aromatic heterocycles. The molecule has 0 aliphatic rings. The molecule has 0 spiro atoms. The number of nitrogens with zero attached hydrogens (tertiary/aromatic N) is 2. The van der Waals surface area contributed by atoms with Crippen LogP contribution in [0, 0.1) is 17.0 Å². The molecular weight excluding hydrogens is 388 g/mol. The largest absolute Gasteiger partial charge is 0.332 e. The molecule has 0 aliphatic heterocycles. The summed E-state index contributed by atoms with van der Waals surface area (Å²) in [4.78, 5) is 28.4. The molecule has 0 bridgehead atoms. The molecule has 7 heteroatoms. The van der Waals surface area contributed by atoms with Crippen LogP contribution in [0.15, 0.2) is 87.7 Å². The van der Waals surface area contributed by atoms with Crippen LogP contribution in [0.1, 0.15) is 23.6 Å². The fraction of sp³-hybridized carbons (Fsp3) is 0.0909. The third kappa shape index (κ3) is 5.30. The van der Waals surface area contributed by atoms with Gasteiger partial charge in [-0.2, -0.15) is 0 Å². The number of aryl methyl sites for hydroxylation is 1. The predicted octanol–water partition coefficient (Wildman–Crippen LogP) is 5.37. The van der Waals surface area contributed by atoms with Gasteiger partial charge in [0.05, 0.1) is 4.92 Å². The monoisotopic (exact) mass is 406 g/mol. The van der Waals surface area contributed by atoms with E-state index in [9.17, 15) is 14.9 Å². The number of nitro groups is 1. The highest BCUT2D eigenvalue weighted by Crippen LogP contribution is 2.29. The first-order valence-electron chi connectivity index (χ1n) is 8.78. The molecule has 0 fully saturated rings. The highest BCUT2D eigenvalue weighted by atomic mass is 32.2. The summed E-state index contributed by atoms with van der Waals surface area (Å²) in [7, 11) is 0. The fourth-order valence-corrected chi connectivity index (χ4v) is 3.48. The quantitative estimate of drug-likeness (QED) is 0.238. The number of rotatable bonds is 6. The minimum absolute atomic E-state index is 0.0641. The van der Waals surface area contributed by atoms with E-state index in [-0.39, 0.29) is 5.69 Å². The second-order valence-corrected chi connectivity index (χ2v) is 7.36. The van der Waals surface area contributed by atoms with Gasteiger partial charge in [-0.15, -0.1) is 0 Å². The number of nitro benzene ring substituents is 1. The number of benzene rings is 3. The van der Waals surface area contributed by atoms with E-state index in [0.717, 1.165) is 26.5 Å². The minimum Gasteiger partial charge on any atom is -0.318 e. The van der Waals surface area contributed by atoms with Crippen molar-refractivity contribution in [1.29, 1.82) is 0 Å². The van der Waals surface area contributed by atoms with Crippen LogP contribution in [0.3, 0.4) is 0 Å². The van der Waals surface area contributed by atoms with Gasteiger partial charge in [0, 0.05) is 40.0 Å². The number of carbonyl (C=O) groups is 1. The summed E-state index contributed by atoms with van der Waals surface area (Å²) in [5, 5.41) is 14.8. The predicted molar refractivity (Wildman–Crippen MR) is 112 cm³/mol. The Hall–Kier alpha value is -3.45. The molecule has 0 radical (unpaired) electrons. The molecule has 0 saturated carbocycles. The van der Waals surface area contributed by atoms with Gasteiger partial charge < -0.3 is 4.84 Å². The van der Waals surface area contributed by atoms with Crippen LogP contribution in [-0.4, -0.2) is 16.6 Å². The topological polar surface area (TPSA) is 81.8 Å². The Morgan fingerprint density at radius 2 is 1.55 bits per heavy atom. The van der Waals surface area contributed by atoms with Crippen molar-refractivity contribution in [3.05, 3.63) is 99.6 Å². The lowest BCUT2D eigenvalue weighted by molar-refractivity contribution is -0.384. The Balaban J connectivity index is 1.85. The highest BCUT2D eigenvalue weighted by Gasteiger charge is 2.12. The van der Waals surface area contributed by atoms with Crippen molar-refractivity contribution >= 4 is 29.1 Å². The van der Waals surface area contributed by atoms with Crippen molar-refractivity contribution in [1.82, 2.24) is 0 Å². The minimum atomic E-state index is -0.485. The number of hydrogen-bond donors (Lipinski definition) is 0. The molecule has 0 heterocycles. The molecule has 146 valence electrons. The molecule has 3 aromatic carbocycles. The molecule has 6 nitrogen and oxygen atoms in total. The lowest BCUT2D eigenvalue weighted by Crippen LogP contribution is -2.07. The third-order valence-corrected chi connectivity index (χ3v) is 5.09. The van der Waals surface area contributed by atoms with Crippen LogP contribution in [0.25, 0.3) is 0 Å². The van der Waals surface area contributed by atoms with Gasteiger partial charge in [0.1, 0.15) is 5.71 Å². The van der Waals surface area contributed by atoms with Gasteiger partial charge >= 0.3 is 5.97 Å². The van der Waals surface area contributed by atoms with E-state index in [0.29, 0.717) is 5.71 Å². The lowest BCUT2D eigenvalue weighted by atomic mass is 9.98. The summed E-state index contributed by atoms with van der Waals surface area (Å²) in [6, 6.07) is 21.8. The van der Waals surface area contributed by atoms with Crippen LogP contribution in [0.2, 0.25) is 0 Å². The lowest BCUT2D eigenvalue weighted by Gasteiger charge is -2.10. The molecule has 3 aromatic rings. The molecule has 0 aliphatic carbocycles. The highest BCUT2D eigenvalue weighted by molar-refractivity contribution is 7.99. The van der Waals surface area contributed by atoms with Crippen LogP contribution in [0.5, 0.6) is 0 Å². The first-order chi connectivity index (χ1) is 13.9. The summed E-state index contributed by atoms with van der Waals surface area (Å²) < 4.78 is 0. The van der Waals surface area contributed by atoms with Crippen LogP contribution < -0.4 is 0 Å². The third-order valence-electron chi connectivity index (χ3n) is 4.08. The van der Waals surface area contributed by atoms with E-state index >= 15 is 0 Å². The van der Waals surface area contributed by atoms with Gasteiger partial charge in [0.2, 0.25) is 0 Å². The van der Waals surface area contributed by atoms with E-state index < -0.39 is 10.9 Å². The van der Waals surface area contributed by atoms with E-state index in [4.69, 9.17) is 4.84 Å². The zero-order valence-corrected chi connectivity index (χ0v) is 16.7. The maximum Gasteiger partial charge on any atom is 0.332 e. The maximum atomic E-state index is 11.2. The van der Waals surface area contributed by atoms with Crippen LogP contribution >= 0.6 is 11.8 Å². The van der Waals surface area contributed by atoms with Gasteiger partial charge in [-0.05, 0) is 36.8 Å². The van der Waals surface area contributed by atoms with Gasteiger partial charge in [0.25, 0.3) is 5.69 Å². The van der Waals surface area contributed by atoms with Crippen molar-refractivity contribution < 1.29 is 14.6 Å². The van der Waals surface area contributed by atoms with E-state index in [1.807, 2.05) is 55.5 Å². The fourth-order valence-electron chi connectivity index (χ4n) is 2.66. The normalized spacial score (nSPS) is 11.2. The average molecular weight is 406 g/mol. The Morgan fingerprint density at radius 3 is 2.10 bits per heavy atom. The summed E-state index contributed by atoms with van der Waals surface area (Å²) in [6.45, 7) is 3.28. The standard InChI is InChI=1S/C22H18N2O4S/c1-15-5-3-4-6-21(15)22(23-28-16(2)25)17-7-11-19(12-8-17)29-20-13-9-18(10-14-20)24(26)27/h3-14H,1-2H3/b23-22-. The number of oxime groups is 1. The summed E-state index contributed by atoms with van der Waals surface area (Å²) in [5.41, 5.74) is 3.35. The van der Waals surface area contributed by atoms with Crippen LogP contribution in [-0.2, 0) is 9.63 Å². The zero-order valence-electron chi connectivity index (χ0n) is 15.9. The molecule has 3 rings (SSSR count). The molecule has 0 N–H and O–H groups in total. The van der Waals surface area contributed by atoms with E-state index in [1.165, 1.54) is 30.8 Å². The van der Waals surface area contributed by atoms with Gasteiger partial charge in [-0.1, -0.05) is 53.3 Å². The Bertz CT molecular complexity index is 1060. The maximum absolute atomic E-state index is 11.2. The number of carbonyl (C=O) groups excluding carboxylic acids is 1. The van der Waals surface area contributed by atoms with Crippen molar-refractivity contribution in [3.63, 3.8) is 0 Å². The average Bonchev–Trinajstić information content (AvgIpc) is 2.71. The van der Waals surface area contributed by atoms with Crippen molar-refractivity contribution in [2.75, 3.05) is 0 Å². The van der Waals surface area contributed by atoms with Crippen molar-refractivity contribution in [2.45, 2.75) is 23.6 Å². The molecular formula is C22H18N2O4S. The second-order valence-electron chi connectivity index (χ2n) is 6.22. The Kier molecular flexibility index (Phi) is 6.41. The Morgan fingerprint density at radius 1 is 0.966 bits per heavy atom. The summed E-state index contributed by atoms with van der Waals surface area (Å²) >= 11 is 1.50. The molecule has 0 atom stereocenters. The molecule has 0 saturated heterocycles. The van der Waals surface area contributed by atoms with E-state index in [2.05, 4.69) is 5.16 Å². The van der Waals surface area contributed by atoms with Crippen LogP contribution in [0.4, 0.5) is 5.69 Å². The first kappa shape index (κ1) is 20.3. The van der Waals surface area contributed by atoms with Gasteiger partial charge in [0.15, 0.2) is 0 Å². The van der Waals surface area contributed by atoms with Gasteiger partial charge in [-0.25, -0.2) is 4.79 Å². The number of non-ortho nitro benzene ring substituents is 1. The number of hydrogen-bond acceptors (Lipinski definition) is 6. The molecule has 0 unspecified atom stereocenters. The summed E-state index contributed by atoms with van der Waals surface area (Å²) in [6.07, 6.45) is 0. The molecule has 0 amide bonds. The molecule has 29 heavy (non-hydrogen) atoms. The SMILES string of the molecule is CC(=O)O/N=C(/c1ccc(Sc2ccc([N+](=O)[O-])cc2)cc1)c1ccccc1C. The second kappa shape index (κ2) is 9.16. The summed E-state index contributed by atoms with van der Waals surface area (Å²) in [5.74, 6) is -0.485. The van der Waals surface area contributed by atoms with Crippen molar-refractivity contribution in [3.8, 4) is 0 Å². The van der Waals surface area contributed by atoms with Crippen molar-refractivity contribution in [2.24, 2.45) is 5.16 Å². The van der Waals surface area contributed by atoms with Gasteiger partial charge in [-0.3, -0.25) is 10.1 Å². The zero-order chi connectivity index (χ0) is 20.8.